The zero-order valence-electron chi connectivity index (χ0n) is 17.7. The van der Waals surface area contributed by atoms with Crippen LogP contribution in [0.25, 0.3) is 5.69 Å². The Morgan fingerprint density at radius 3 is 2.73 bits per heavy atom. The van der Waals surface area contributed by atoms with Gasteiger partial charge in [0.15, 0.2) is 5.16 Å². The molecule has 3 aromatic rings. The van der Waals surface area contributed by atoms with Crippen molar-refractivity contribution in [3.05, 3.63) is 65.7 Å². The number of benzene rings is 2. The van der Waals surface area contributed by atoms with E-state index in [0.29, 0.717) is 22.4 Å². The van der Waals surface area contributed by atoms with Crippen LogP contribution in [0.4, 0.5) is 14.9 Å². The molecule has 0 aliphatic carbocycles. The Morgan fingerprint density at radius 2 is 2.00 bits per heavy atom. The van der Waals surface area contributed by atoms with E-state index >= 15 is 0 Å². The Labute approximate surface area is 193 Å². The molecule has 4 amide bonds. The number of aryl methyl sites for hydroxylation is 1. The summed E-state index contributed by atoms with van der Waals surface area (Å²) in [6.45, 7) is 1.94. The maximum Gasteiger partial charge on any atom is 0.321 e. The Morgan fingerprint density at radius 1 is 1.21 bits per heavy atom. The molecule has 1 aromatic heterocycles. The molecule has 1 aliphatic heterocycles. The summed E-state index contributed by atoms with van der Waals surface area (Å²) in [6.07, 6.45) is 0.336. The van der Waals surface area contributed by atoms with Crippen LogP contribution in [0.15, 0.2) is 53.7 Å². The van der Waals surface area contributed by atoms with E-state index in [1.54, 1.807) is 16.7 Å². The molecule has 1 saturated heterocycles. The van der Waals surface area contributed by atoms with E-state index in [0.717, 1.165) is 5.56 Å². The number of imide groups is 1. The van der Waals surface area contributed by atoms with Crippen molar-refractivity contribution in [2.24, 2.45) is 0 Å². The largest absolute Gasteiger partial charge is 0.334 e. The van der Waals surface area contributed by atoms with E-state index in [1.807, 2.05) is 31.2 Å². The Bertz CT molecular complexity index is 1180. The van der Waals surface area contributed by atoms with Crippen LogP contribution in [0.1, 0.15) is 17.8 Å². The van der Waals surface area contributed by atoms with Crippen molar-refractivity contribution in [3.63, 3.8) is 0 Å². The van der Waals surface area contributed by atoms with Crippen molar-refractivity contribution in [2.45, 2.75) is 31.0 Å². The summed E-state index contributed by atoms with van der Waals surface area (Å²) in [5.41, 5.74) is 2.34. The minimum Gasteiger partial charge on any atom is -0.334 e. The highest BCUT2D eigenvalue weighted by molar-refractivity contribution is 7.99. The number of carbonyl (C=O) groups excluding carboxylic acids is 3. The SMILES string of the molecule is Cc1cccc(NC(=O)CSc2nnc(CC3CC(=O)NC(=O)N3)n2-c2ccc(F)cc2)c1. The predicted octanol–water partition coefficient (Wildman–Crippen LogP) is 2.59. The first kappa shape index (κ1) is 22.5. The average molecular weight is 469 g/mol. The molecule has 1 atom stereocenters. The Kier molecular flexibility index (Phi) is 6.68. The van der Waals surface area contributed by atoms with Crippen LogP contribution < -0.4 is 16.0 Å². The summed E-state index contributed by atoms with van der Waals surface area (Å²) in [7, 11) is 0. The van der Waals surface area contributed by atoms with Crippen LogP contribution in [-0.4, -0.2) is 44.4 Å². The van der Waals surface area contributed by atoms with Crippen molar-refractivity contribution < 1.29 is 18.8 Å². The number of hydrogen-bond donors (Lipinski definition) is 3. The van der Waals surface area contributed by atoms with Crippen LogP contribution in [-0.2, 0) is 16.0 Å². The maximum absolute atomic E-state index is 13.5. The quantitative estimate of drug-likeness (QED) is 0.459. The number of aromatic nitrogens is 3. The van der Waals surface area contributed by atoms with Gasteiger partial charge in [-0.05, 0) is 48.9 Å². The number of amides is 4. The summed E-state index contributed by atoms with van der Waals surface area (Å²) >= 11 is 1.18. The van der Waals surface area contributed by atoms with Gasteiger partial charge in [-0.1, -0.05) is 23.9 Å². The van der Waals surface area contributed by atoms with Gasteiger partial charge in [-0.25, -0.2) is 9.18 Å². The van der Waals surface area contributed by atoms with Gasteiger partial charge < -0.3 is 10.6 Å². The first-order valence-corrected chi connectivity index (χ1v) is 11.2. The van der Waals surface area contributed by atoms with Gasteiger partial charge in [0.2, 0.25) is 11.8 Å². The van der Waals surface area contributed by atoms with Gasteiger partial charge in [0.05, 0.1) is 5.75 Å². The van der Waals surface area contributed by atoms with E-state index in [2.05, 4.69) is 26.1 Å². The third-order valence-corrected chi connectivity index (χ3v) is 5.80. The molecule has 0 radical (unpaired) electrons. The third kappa shape index (κ3) is 5.75. The molecule has 1 fully saturated rings. The van der Waals surface area contributed by atoms with Gasteiger partial charge in [-0.2, -0.15) is 0 Å². The monoisotopic (exact) mass is 468 g/mol. The highest BCUT2D eigenvalue weighted by Crippen LogP contribution is 2.24. The summed E-state index contributed by atoms with van der Waals surface area (Å²) < 4.78 is 15.2. The number of anilines is 1. The minimum atomic E-state index is -0.563. The lowest BCUT2D eigenvalue weighted by atomic mass is 10.1. The summed E-state index contributed by atoms with van der Waals surface area (Å²) in [5.74, 6) is -0.425. The predicted molar refractivity (Wildman–Crippen MR) is 121 cm³/mol. The summed E-state index contributed by atoms with van der Waals surface area (Å²) in [5, 5.41) is 16.6. The van der Waals surface area contributed by atoms with Gasteiger partial charge in [-0.3, -0.25) is 19.5 Å². The number of thioether (sulfide) groups is 1. The molecule has 11 heteroatoms. The maximum atomic E-state index is 13.5. The van der Waals surface area contributed by atoms with Crippen LogP contribution in [0.5, 0.6) is 0 Å². The van der Waals surface area contributed by atoms with E-state index in [1.165, 1.54) is 23.9 Å². The zero-order valence-corrected chi connectivity index (χ0v) is 18.5. The van der Waals surface area contributed by atoms with Crippen LogP contribution >= 0.6 is 11.8 Å². The Hall–Kier alpha value is -3.73. The van der Waals surface area contributed by atoms with Gasteiger partial charge in [0, 0.05) is 30.3 Å². The topological polar surface area (TPSA) is 118 Å². The molecular formula is C22H21FN6O3S. The lowest BCUT2D eigenvalue weighted by Gasteiger charge is -2.23. The van der Waals surface area contributed by atoms with Gasteiger partial charge in [0.1, 0.15) is 11.6 Å². The smallest absolute Gasteiger partial charge is 0.321 e. The lowest BCUT2D eigenvalue weighted by molar-refractivity contribution is -0.121. The van der Waals surface area contributed by atoms with Crippen molar-refractivity contribution in [2.75, 3.05) is 11.1 Å². The second-order valence-corrected chi connectivity index (χ2v) is 8.49. The molecule has 1 aliphatic rings. The van der Waals surface area contributed by atoms with Gasteiger partial charge in [0.25, 0.3) is 0 Å². The molecule has 2 heterocycles. The summed E-state index contributed by atoms with van der Waals surface area (Å²) in [4.78, 5) is 35.8. The number of nitrogens with one attached hydrogen (secondary N) is 3. The van der Waals surface area contributed by atoms with Crippen molar-refractivity contribution >= 4 is 35.3 Å². The first-order valence-electron chi connectivity index (χ1n) is 10.2. The molecule has 4 rings (SSSR count). The van der Waals surface area contributed by atoms with Gasteiger partial charge >= 0.3 is 6.03 Å². The third-order valence-electron chi connectivity index (χ3n) is 4.87. The van der Waals surface area contributed by atoms with Crippen LogP contribution in [0.2, 0.25) is 0 Å². The summed E-state index contributed by atoms with van der Waals surface area (Å²) in [6, 6.07) is 12.2. The molecule has 0 saturated carbocycles. The molecular weight excluding hydrogens is 447 g/mol. The molecule has 0 spiro atoms. The number of nitrogens with zero attached hydrogens (tertiary/aromatic N) is 3. The van der Waals surface area contributed by atoms with Crippen molar-refractivity contribution in [1.82, 2.24) is 25.4 Å². The minimum absolute atomic E-state index is 0.0792. The Balaban J connectivity index is 1.53. The standard InChI is InChI=1S/C22H21FN6O3S/c1-13-3-2-4-15(9-13)24-20(31)12-33-22-28-27-18(10-16-11-19(30)26-21(32)25-16)29(22)17-7-5-14(23)6-8-17/h2-9,16H,10-12H2,1H3,(H,24,31)(H2,25,26,30,32). The molecule has 170 valence electrons. The normalized spacial score (nSPS) is 15.6. The van der Waals surface area contributed by atoms with Crippen molar-refractivity contribution in [3.8, 4) is 5.69 Å². The number of halogens is 1. The van der Waals surface area contributed by atoms with E-state index < -0.39 is 17.9 Å². The van der Waals surface area contributed by atoms with E-state index in [9.17, 15) is 18.8 Å². The van der Waals surface area contributed by atoms with E-state index in [-0.39, 0.29) is 30.4 Å². The second kappa shape index (κ2) is 9.82. The fourth-order valence-electron chi connectivity index (χ4n) is 3.44. The molecule has 33 heavy (non-hydrogen) atoms. The fourth-order valence-corrected chi connectivity index (χ4v) is 4.21. The van der Waals surface area contributed by atoms with Crippen LogP contribution in [0, 0.1) is 12.7 Å². The van der Waals surface area contributed by atoms with Crippen LogP contribution in [0.3, 0.4) is 0 Å². The molecule has 3 N–H and O–H groups in total. The second-order valence-electron chi connectivity index (χ2n) is 7.54. The number of carbonyl (C=O) groups is 3. The fraction of sp³-hybridized carbons (Fsp3) is 0.227. The highest BCUT2D eigenvalue weighted by Gasteiger charge is 2.27. The van der Waals surface area contributed by atoms with Gasteiger partial charge in [-0.15, -0.1) is 10.2 Å². The molecule has 0 bridgehead atoms. The van der Waals surface area contributed by atoms with Crippen molar-refractivity contribution in [1.29, 1.82) is 0 Å². The highest BCUT2D eigenvalue weighted by atomic mass is 32.2. The number of rotatable bonds is 7. The van der Waals surface area contributed by atoms with E-state index in [4.69, 9.17) is 0 Å². The first-order chi connectivity index (χ1) is 15.9. The lowest BCUT2D eigenvalue weighted by Crippen LogP contribution is -2.53. The molecule has 1 unspecified atom stereocenters. The molecule has 9 nitrogen and oxygen atoms in total. The number of urea groups is 1. The number of hydrogen-bond acceptors (Lipinski definition) is 6. The average Bonchev–Trinajstić information content (AvgIpc) is 3.14. The zero-order chi connectivity index (χ0) is 23.4. The molecule has 2 aromatic carbocycles.